The van der Waals surface area contributed by atoms with Gasteiger partial charge in [-0.05, 0) is 55.2 Å². The van der Waals surface area contributed by atoms with E-state index in [4.69, 9.17) is 17.2 Å². The summed E-state index contributed by atoms with van der Waals surface area (Å²) in [5.74, 6) is -0.113. The number of rotatable bonds is 5. The van der Waals surface area contributed by atoms with Crippen LogP contribution in [0.3, 0.4) is 0 Å². The Bertz CT molecular complexity index is 1390. The first-order valence-electron chi connectivity index (χ1n) is 11.7. The second-order valence-corrected chi connectivity index (χ2v) is 10.6. The van der Waals surface area contributed by atoms with Gasteiger partial charge in [0.15, 0.2) is 0 Å². The summed E-state index contributed by atoms with van der Waals surface area (Å²) in [6.45, 7) is 2.16. The second-order valence-electron chi connectivity index (χ2n) is 8.94. The molecule has 1 aromatic carbocycles. The Morgan fingerprint density at radius 3 is 2.66 bits per heavy atom. The lowest BCUT2D eigenvalue weighted by Crippen LogP contribution is -2.28. The molecule has 0 atom stereocenters. The maximum absolute atomic E-state index is 13.6. The maximum Gasteiger partial charge on any atom is 0.267 e. The fourth-order valence-corrected chi connectivity index (χ4v) is 5.77. The SMILES string of the molecule is Cc1cccn2c(=O)c(/C=C3/SC(=S)N(Cc4ccc(F)cc4)C3=O)c(NC3CCCCC3)nc12. The molecule has 9 heteroatoms. The third kappa shape index (κ3) is 4.88. The van der Waals surface area contributed by atoms with Crippen LogP contribution in [0.1, 0.15) is 48.8 Å². The van der Waals surface area contributed by atoms with Crippen LogP contribution in [-0.4, -0.2) is 30.6 Å². The molecule has 0 unspecified atom stereocenters. The first kappa shape index (κ1) is 23.7. The molecule has 35 heavy (non-hydrogen) atoms. The summed E-state index contributed by atoms with van der Waals surface area (Å²) in [6, 6.07) is 9.95. The molecule has 0 bridgehead atoms. The number of nitrogens with one attached hydrogen (secondary N) is 1. The van der Waals surface area contributed by atoms with Crippen LogP contribution in [0.4, 0.5) is 10.2 Å². The molecule has 1 aliphatic carbocycles. The molecule has 2 aromatic heterocycles. The second kappa shape index (κ2) is 9.91. The third-order valence-electron chi connectivity index (χ3n) is 6.43. The van der Waals surface area contributed by atoms with Gasteiger partial charge >= 0.3 is 0 Å². The van der Waals surface area contributed by atoms with Crippen molar-refractivity contribution in [3.63, 3.8) is 0 Å². The Balaban J connectivity index is 1.53. The molecule has 1 saturated carbocycles. The molecule has 1 N–H and O–H groups in total. The van der Waals surface area contributed by atoms with Crippen LogP contribution in [0.15, 0.2) is 52.3 Å². The summed E-state index contributed by atoms with van der Waals surface area (Å²) in [5.41, 5.74) is 2.37. The van der Waals surface area contributed by atoms with Crippen LogP contribution >= 0.6 is 24.0 Å². The number of hydrogen-bond acceptors (Lipinski definition) is 6. The van der Waals surface area contributed by atoms with Crippen molar-refractivity contribution >= 4 is 51.7 Å². The average Bonchev–Trinajstić information content (AvgIpc) is 3.11. The number of benzene rings is 1. The molecule has 1 saturated heterocycles. The predicted molar refractivity (Wildman–Crippen MR) is 142 cm³/mol. The van der Waals surface area contributed by atoms with Crippen molar-refractivity contribution in [2.45, 2.75) is 51.6 Å². The van der Waals surface area contributed by atoms with Crippen molar-refractivity contribution in [3.05, 3.63) is 80.4 Å². The minimum atomic E-state index is -0.337. The van der Waals surface area contributed by atoms with Crippen molar-refractivity contribution in [1.82, 2.24) is 14.3 Å². The van der Waals surface area contributed by atoms with E-state index in [0.29, 0.717) is 26.3 Å². The number of thioether (sulfide) groups is 1. The number of halogens is 1. The highest BCUT2D eigenvalue weighted by molar-refractivity contribution is 8.26. The molecule has 6 nitrogen and oxygen atoms in total. The smallest absolute Gasteiger partial charge is 0.267 e. The molecule has 180 valence electrons. The maximum atomic E-state index is 13.6. The van der Waals surface area contributed by atoms with Gasteiger partial charge in [0.2, 0.25) is 0 Å². The van der Waals surface area contributed by atoms with Crippen molar-refractivity contribution in [2.75, 3.05) is 5.32 Å². The zero-order valence-electron chi connectivity index (χ0n) is 19.3. The fraction of sp³-hybridized carbons (Fsp3) is 0.308. The number of hydrogen-bond donors (Lipinski definition) is 1. The Kier molecular flexibility index (Phi) is 6.71. The average molecular weight is 509 g/mol. The van der Waals surface area contributed by atoms with E-state index in [2.05, 4.69) is 5.32 Å². The van der Waals surface area contributed by atoms with Gasteiger partial charge in [0, 0.05) is 12.2 Å². The van der Waals surface area contributed by atoms with E-state index in [1.165, 1.54) is 27.9 Å². The zero-order valence-corrected chi connectivity index (χ0v) is 20.9. The number of aryl methyl sites for hydroxylation is 1. The number of thiocarbonyl (C=S) groups is 1. The molecule has 2 fully saturated rings. The molecule has 3 heterocycles. The normalized spacial score (nSPS) is 18.1. The van der Waals surface area contributed by atoms with Crippen LogP contribution in [0.5, 0.6) is 0 Å². The van der Waals surface area contributed by atoms with E-state index < -0.39 is 0 Å². The Hall–Kier alpha value is -3.04. The number of fused-ring (bicyclic) bond motifs is 1. The highest BCUT2D eigenvalue weighted by atomic mass is 32.2. The number of pyridine rings is 1. The van der Waals surface area contributed by atoms with Gasteiger partial charge in [0.05, 0.1) is 17.0 Å². The topological polar surface area (TPSA) is 66.7 Å². The van der Waals surface area contributed by atoms with Gasteiger partial charge in [0.25, 0.3) is 11.5 Å². The van der Waals surface area contributed by atoms with Gasteiger partial charge in [-0.1, -0.05) is 61.4 Å². The van der Waals surface area contributed by atoms with Gasteiger partial charge in [-0.25, -0.2) is 9.37 Å². The summed E-state index contributed by atoms with van der Waals surface area (Å²) in [7, 11) is 0. The number of carbonyl (C=O) groups excluding carboxylic acids is 1. The molecular formula is C26H25FN4O2S2. The number of amides is 1. The van der Waals surface area contributed by atoms with Crippen molar-refractivity contribution in [1.29, 1.82) is 0 Å². The summed E-state index contributed by atoms with van der Waals surface area (Å²) in [6.07, 6.45) is 8.84. The predicted octanol–water partition coefficient (Wildman–Crippen LogP) is 5.29. The van der Waals surface area contributed by atoms with Gasteiger partial charge in [0.1, 0.15) is 21.6 Å². The monoisotopic (exact) mass is 508 g/mol. The minimum Gasteiger partial charge on any atom is -0.367 e. The molecule has 5 rings (SSSR count). The number of anilines is 1. The van der Waals surface area contributed by atoms with Gasteiger partial charge in [-0.2, -0.15) is 0 Å². The lowest BCUT2D eigenvalue weighted by atomic mass is 9.95. The van der Waals surface area contributed by atoms with Crippen LogP contribution in [0, 0.1) is 12.7 Å². The molecule has 1 amide bonds. The summed E-state index contributed by atoms with van der Waals surface area (Å²) < 4.78 is 15.2. The van der Waals surface area contributed by atoms with Crippen molar-refractivity contribution in [2.24, 2.45) is 0 Å². The Morgan fingerprint density at radius 1 is 1.17 bits per heavy atom. The summed E-state index contributed by atoms with van der Waals surface area (Å²) in [4.78, 5) is 33.5. The van der Waals surface area contributed by atoms with Crippen molar-refractivity contribution in [3.8, 4) is 0 Å². The lowest BCUT2D eigenvalue weighted by molar-refractivity contribution is -0.122. The summed E-state index contributed by atoms with van der Waals surface area (Å²) in [5, 5.41) is 3.49. The Morgan fingerprint density at radius 2 is 1.91 bits per heavy atom. The van der Waals surface area contributed by atoms with Crippen LogP contribution in [0.2, 0.25) is 0 Å². The lowest BCUT2D eigenvalue weighted by Gasteiger charge is -2.24. The third-order valence-corrected chi connectivity index (χ3v) is 7.81. The first-order valence-corrected chi connectivity index (χ1v) is 12.9. The molecule has 0 radical (unpaired) electrons. The van der Waals surface area contributed by atoms with Crippen LogP contribution in [-0.2, 0) is 11.3 Å². The van der Waals surface area contributed by atoms with E-state index in [1.807, 2.05) is 19.1 Å². The largest absolute Gasteiger partial charge is 0.367 e. The molecule has 2 aliphatic rings. The van der Waals surface area contributed by atoms with Crippen molar-refractivity contribution < 1.29 is 9.18 Å². The number of aromatic nitrogens is 2. The molecule has 0 spiro atoms. The fourth-order valence-electron chi connectivity index (χ4n) is 4.53. The molecular weight excluding hydrogens is 483 g/mol. The van der Waals surface area contributed by atoms with E-state index in [9.17, 15) is 14.0 Å². The zero-order chi connectivity index (χ0) is 24.5. The number of carbonyl (C=O) groups is 1. The highest BCUT2D eigenvalue weighted by Gasteiger charge is 2.33. The van der Waals surface area contributed by atoms with E-state index >= 15 is 0 Å². The quantitative estimate of drug-likeness (QED) is 0.373. The van der Waals surface area contributed by atoms with Crippen LogP contribution < -0.4 is 10.9 Å². The Labute approximate surface area is 212 Å². The van der Waals surface area contributed by atoms with E-state index in [1.54, 1.807) is 24.4 Å². The highest BCUT2D eigenvalue weighted by Crippen LogP contribution is 2.34. The minimum absolute atomic E-state index is 0.235. The molecule has 1 aliphatic heterocycles. The summed E-state index contributed by atoms with van der Waals surface area (Å²) >= 11 is 6.63. The standard InChI is InChI=1S/C26H25FN4O2S2/c1-16-6-5-13-30-23(16)29-22(28-19-7-3-2-4-8-19)20(24(30)32)14-21-25(33)31(26(34)35-21)15-17-9-11-18(27)12-10-17/h5-6,9-14,19,28H,2-4,7-8,15H2,1H3/b21-14+. The van der Waals surface area contributed by atoms with E-state index in [-0.39, 0.29) is 29.9 Å². The van der Waals surface area contributed by atoms with Gasteiger partial charge < -0.3 is 5.32 Å². The first-order chi connectivity index (χ1) is 16.9. The van der Waals surface area contributed by atoms with Gasteiger partial charge in [-0.15, -0.1) is 0 Å². The van der Waals surface area contributed by atoms with Gasteiger partial charge in [-0.3, -0.25) is 18.9 Å². The number of nitrogens with zero attached hydrogens (tertiary/aromatic N) is 3. The van der Waals surface area contributed by atoms with E-state index in [0.717, 1.165) is 48.6 Å². The molecule has 3 aromatic rings. The van der Waals surface area contributed by atoms with Crippen LogP contribution in [0.25, 0.3) is 11.7 Å².